The maximum absolute atomic E-state index is 12.8. The molecule has 1 aliphatic carbocycles. The van der Waals surface area contributed by atoms with Crippen LogP contribution < -0.4 is 0 Å². The lowest BCUT2D eigenvalue weighted by atomic mass is 9.92. The molecule has 178 valence electrons. The highest BCUT2D eigenvalue weighted by atomic mass is 35.5. The van der Waals surface area contributed by atoms with Gasteiger partial charge in [0.05, 0.1) is 23.0 Å². The first kappa shape index (κ1) is 24.1. The number of alkyl halides is 3. The number of hydrogen-bond donors (Lipinski definition) is 0. The van der Waals surface area contributed by atoms with E-state index in [4.69, 9.17) is 11.6 Å². The quantitative estimate of drug-likeness (QED) is 0.547. The Balaban J connectivity index is 1.36. The van der Waals surface area contributed by atoms with Crippen LogP contribution in [-0.2, 0) is 39.9 Å². The number of carbonyl (C=O) groups excluding carboxylic acids is 4. The summed E-state index contributed by atoms with van der Waals surface area (Å²) in [5.74, 6) is -0.710. The van der Waals surface area contributed by atoms with Crippen molar-refractivity contribution in [2.24, 2.45) is 0 Å². The maximum atomic E-state index is 12.8. The maximum Gasteiger partial charge on any atom is 0.417 e. The average molecular weight is 492 g/mol. The number of halogens is 4. The van der Waals surface area contributed by atoms with Crippen LogP contribution in [0.25, 0.3) is 0 Å². The third-order valence-electron chi connectivity index (χ3n) is 6.25. The predicted molar refractivity (Wildman–Crippen MR) is 117 cm³/mol. The summed E-state index contributed by atoms with van der Waals surface area (Å²) in [6.07, 6.45) is -3.50. The van der Waals surface area contributed by atoms with Gasteiger partial charge in [0.15, 0.2) is 5.78 Å². The number of amides is 1. The second-order valence-corrected chi connectivity index (χ2v) is 9.10. The van der Waals surface area contributed by atoms with Crippen molar-refractivity contribution in [3.8, 4) is 0 Å². The standard InChI is InChI=1S/C25H21ClF3NO4/c26-21-11-15(3-7-20(21)25(27,28)29)10-17(31)4-1-14-2-6-19-16(9-14)13-30(24(19)34)22-8-5-18(32)12-23(22)33/h2-3,6-7,9,11,22H,1,4-5,8,10,12-13H2. The molecule has 5 nitrogen and oxygen atoms in total. The van der Waals surface area contributed by atoms with Crippen molar-refractivity contribution in [2.45, 2.75) is 57.3 Å². The third-order valence-corrected chi connectivity index (χ3v) is 6.56. The average Bonchev–Trinajstić information content (AvgIpc) is 3.07. The van der Waals surface area contributed by atoms with E-state index >= 15 is 0 Å². The summed E-state index contributed by atoms with van der Waals surface area (Å²) >= 11 is 5.72. The Kier molecular flexibility index (Phi) is 6.62. The molecule has 2 aromatic carbocycles. The fraction of sp³-hybridized carbons (Fsp3) is 0.360. The molecule has 2 aromatic rings. The number of nitrogens with zero attached hydrogens (tertiary/aromatic N) is 1. The van der Waals surface area contributed by atoms with Gasteiger partial charge in [-0.3, -0.25) is 19.2 Å². The number of ketones is 3. The smallest absolute Gasteiger partial charge is 0.324 e. The van der Waals surface area contributed by atoms with Gasteiger partial charge in [0, 0.05) is 31.4 Å². The number of hydrogen-bond acceptors (Lipinski definition) is 4. The van der Waals surface area contributed by atoms with E-state index in [-0.39, 0.29) is 55.5 Å². The number of Topliss-reactive ketones (excluding diaryl/α,β-unsaturated/α-hetero) is 3. The summed E-state index contributed by atoms with van der Waals surface area (Å²) in [5, 5.41) is -0.438. The normalized spacial score (nSPS) is 18.4. The molecule has 0 N–H and O–H groups in total. The molecule has 1 unspecified atom stereocenters. The molecule has 0 aromatic heterocycles. The molecule has 1 heterocycles. The minimum Gasteiger partial charge on any atom is -0.324 e. The highest BCUT2D eigenvalue weighted by Crippen LogP contribution is 2.35. The van der Waals surface area contributed by atoms with Gasteiger partial charge in [0.25, 0.3) is 5.91 Å². The van der Waals surface area contributed by atoms with Gasteiger partial charge < -0.3 is 4.90 Å². The molecule has 0 spiro atoms. The van der Waals surface area contributed by atoms with E-state index in [9.17, 15) is 32.3 Å². The Hall–Kier alpha value is -3.00. The van der Waals surface area contributed by atoms with E-state index in [2.05, 4.69) is 0 Å². The molecule has 1 amide bonds. The van der Waals surface area contributed by atoms with E-state index in [0.29, 0.717) is 24.0 Å². The zero-order chi connectivity index (χ0) is 24.6. The van der Waals surface area contributed by atoms with Crippen LogP contribution in [0.15, 0.2) is 36.4 Å². The summed E-state index contributed by atoms with van der Waals surface area (Å²) in [6, 6.07) is 7.99. The fourth-order valence-corrected chi connectivity index (χ4v) is 4.80. The summed E-state index contributed by atoms with van der Waals surface area (Å²) in [7, 11) is 0. The molecule has 1 saturated carbocycles. The van der Waals surface area contributed by atoms with Crippen LogP contribution in [-0.4, -0.2) is 34.2 Å². The summed E-state index contributed by atoms with van der Waals surface area (Å²) in [5.41, 5.74) is 1.60. The van der Waals surface area contributed by atoms with Crippen LogP contribution in [0.2, 0.25) is 5.02 Å². The first-order chi connectivity index (χ1) is 16.0. The Morgan fingerprint density at radius 1 is 1.06 bits per heavy atom. The van der Waals surface area contributed by atoms with Crippen LogP contribution in [0.1, 0.15) is 58.3 Å². The molecule has 0 bridgehead atoms. The van der Waals surface area contributed by atoms with Gasteiger partial charge in [0.2, 0.25) is 0 Å². The van der Waals surface area contributed by atoms with Gasteiger partial charge in [-0.2, -0.15) is 13.2 Å². The van der Waals surface area contributed by atoms with Gasteiger partial charge in [-0.15, -0.1) is 0 Å². The Morgan fingerprint density at radius 3 is 2.47 bits per heavy atom. The monoisotopic (exact) mass is 491 g/mol. The SMILES string of the molecule is O=C1CCC(N2Cc3cc(CCC(=O)Cc4ccc(C(F)(F)F)c(Cl)c4)ccc3C2=O)C(=O)C1. The largest absolute Gasteiger partial charge is 0.417 e. The molecular formula is C25H21ClF3NO4. The van der Waals surface area contributed by atoms with Crippen molar-refractivity contribution >= 4 is 34.9 Å². The van der Waals surface area contributed by atoms with Gasteiger partial charge in [-0.25, -0.2) is 0 Å². The minimum absolute atomic E-state index is 0.0302. The summed E-state index contributed by atoms with van der Waals surface area (Å²) in [4.78, 5) is 50.4. The first-order valence-electron chi connectivity index (χ1n) is 10.9. The van der Waals surface area contributed by atoms with Crippen LogP contribution in [0.4, 0.5) is 13.2 Å². The van der Waals surface area contributed by atoms with Gasteiger partial charge >= 0.3 is 6.18 Å². The van der Waals surface area contributed by atoms with Crippen LogP contribution in [0.3, 0.4) is 0 Å². The predicted octanol–water partition coefficient (Wildman–Crippen LogP) is 4.75. The minimum atomic E-state index is -4.55. The zero-order valence-corrected chi connectivity index (χ0v) is 18.8. The van der Waals surface area contributed by atoms with Crippen molar-refractivity contribution in [3.63, 3.8) is 0 Å². The second kappa shape index (κ2) is 9.33. The van der Waals surface area contributed by atoms with Crippen molar-refractivity contribution in [3.05, 3.63) is 69.2 Å². The van der Waals surface area contributed by atoms with Gasteiger partial charge in [-0.1, -0.05) is 29.8 Å². The molecule has 4 rings (SSSR count). The lowest BCUT2D eigenvalue weighted by Crippen LogP contribution is -2.44. The third kappa shape index (κ3) is 5.06. The molecule has 9 heteroatoms. The molecule has 1 fully saturated rings. The van der Waals surface area contributed by atoms with E-state index < -0.39 is 22.8 Å². The van der Waals surface area contributed by atoms with E-state index in [1.54, 1.807) is 12.1 Å². The van der Waals surface area contributed by atoms with Crippen LogP contribution in [0.5, 0.6) is 0 Å². The molecule has 1 aliphatic heterocycles. The van der Waals surface area contributed by atoms with Crippen LogP contribution >= 0.6 is 11.6 Å². The van der Waals surface area contributed by atoms with Crippen molar-refractivity contribution in [1.29, 1.82) is 0 Å². The number of carbonyl (C=O) groups is 4. The molecule has 34 heavy (non-hydrogen) atoms. The van der Waals surface area contributed by atoms with Crippen molar-refractivity contribution < 1.29 is 32.3 Å². The first-order valence-corrected chi connectivity index (χ1v) is 11.2. The Labute approximate surface area is 198 Å². The second-order valence-electron chi connectivity index (χ2n) is 8.69. The lowest BCUT2D eigenvalue weighted by Gasteiger charge is -2.29. The molecule has 0 saturated heterocycles. The lowest BCUT2D eigenvalue weighted by molar-refractivity contribution is -0.137. The number of aryl methyl sites for hydroxylation is 1. The Bertz CT molecular complexity index is 1190. The zero-order valence-electron chi connectivity index (χ0n) is 18.1. The molecule has 1 atom stereocenters. The molecule has 2 aliphatic rings. The van der Waals surface area contributed by atoms with Crippen molar-refractivity contribution in [1.82, 2.24) is 4.90 Å². The summed E-state index contributed by atoms with van der Waals surface area (Å²) in [6.45, 7) is 0.282. The van der Waals surface area contributed by atoms with Gasteiger partial charge in [0.1, 0.15) is 11.6 Å². The van der Waals surface area contributed by atoms with E-state index in [1.165, 1.54) is 11.0 Å². The Morgan fingerprint density at radius 2 is 1.79 bits per heavy atom. The number of benzene rings is 2. The highest BCUT2D eigenvalue weighted by Gasteiger charge is 2.39. The fourth-order valence-electron chi connectivity index (χ4n) is 4.49. The van der Waals surface area contributed by atoms with Crippen molar-refractivity contribution in [2.75, 3.05) is 0 Å². The number of fused-ring (bicyclic) bond motifs is 1. The number of rotatable bonds is 6. The molecular weight excluding hydrogens is 471 g/mol. The topological polar surface area (TPSA) is 71.5 Å². The van der Waals surface area contributed by atoms with Crippen LogP contribution in [0, 0.1) is 0 Å². The molecule has 0 radical (unpaired) electrons. The van der Waals surface area contributed by atoms with E-state index in [0.717, 1.165) is 23.3 Å². The van der Waals surface area contributed by atoms with Gasteiger partial charge in [-0.05, 0) is 47.7 Å². The summed E-state index contributed by atoms with van der Waals surface area (Å²) < 4.78 is 38.5. The van der Waals surface area contributed by atoms with E-state index in [1.807, 2.05) is 6.07 Å². The highest BCUT2D eigenvalue weighted by molar-refractivity contribution is 6.31.